The third-order valence-electron chi connectivity index (χ3n) is 3.96. The van der Waals surface area contributed by atoms with Gasteiger partial charge in [0.1, 0.15) is 0 Å². The van der Waals surface area contributed by atoms with E-state index >= 15 is 0 Å². The van der Waals surface area contributed by atoms with Gasteiger partial charge in [-0.25, -0.2) is 0 Å². The summed E-state index contributed by atoms with van der Waals surface area (Å²) < 4.78 is 25.8. The monoisotopic (exact) mass is 333 g/mol. The summed E-state index contributed by atoms with van der Waals surface area (Å²) in [6, 6.07) is 29.3. The second-order valence-corrected chi connectivity index (χ2v) is 8.84. The van der Waals surface area contributed by atoms with Gasteiger partial charge in [0.25, 0.3) is 0 Å². The first-order valence-corrected chi connectivity index (χ1v) is 9.61. The first-order chi connectivity index (χ1) is 11.7. The molecule has 117 valence electrons. The molecule has 3 aromatic rings. The molecule has 0 aromatic heterocycles. The highest BCUT2D eigenvalue weighted by Gasteiger charge is 2.38. The average Bonchev–Trinajstić information content (AvgIpc) is 2.65. The smallest absolute Gasteiger partial charge is 0.184 e. The molecule has 0 N–H and O–H groups in total. The Morgan fingerprint density at radius 2 is 0.917 bits per heavy atom. The Morgan fingerprint density at radius 1 is 0.583 bits per heavy atom. The molecule has 0 atom stereocenters. The van der Waals surface area contributed by atoms with Crippen molar-refractivity contribution in [2.45, 2.75) is 0 Å². The van der Waals surface area contributed by atoms with E-state index < -0.39 is 14.5 Å². The molecule has 0 aliphatic rings. The zero-order valence-electron chi connectivity index (χ0n) is 12.9. The molecule has 1 radical (unpaired) electrons. The molecular weight excluding hydrogens is 318 g/mol. The van der Waals surface area contributed by atoms with Crippen LogP contribution in [0, 0.1) is 17.9 Å². The van der Waals surface area contributed by atoms with Gasteiger partial charge in [-0.3, -0.25) is 0 Å². The van der Waals surface area contributed by atoms with E-state index in [2.05, 4.69) is 11.5 Å². The lowest BCUT2D eigenvalue weighted by molar-refractivity contribution is 0.343. The maximum atomic E-state index is 12.9. The van der Waals surface area contributed by atoms with Crippen LogP contribution in [0.4, 0.5) is 8.78 Å². The molecule has 3 aromatic carbocycles. The SMILES string of the molecule is F[C](F)C#C[Si](c1ccccc1)(c1ccccc1)c1ccccc1. The highest BCUT2D eigenvalue weighted by Crippen LogP contribution is 2.08. The molecule has 0 unspecified atom stereocenters. The summed E-state index contributed by atoms with van der Waals surface area (Å²) in [5.74, 6) is 2.08. The second kappa shape index (κ2) is 7.25. The molecule has 24 heavy (non-hydrogen) atoms. The second-order valence-electron chi connectivity index (χ2n) is 5.36. The zero-order chi connectivity index (χ0) is 16.8. The summed E-state index contributed by atoms with van der Waals surface area (Å²) in [5, 5.41) is 2.99. The highest BCUT2D eigenvalue weighted by atomic mass is 28.3. The molecule has 3 rings (SSSR count). The summed E-state index contributed by atoms with van der Waals surface area (Å²) >= 11 is 0. The van der Waals surface area contributed by atoms with E-state index in [4.69, 9.17) is 0 Å². The zero-order valence-corrected chi connectivity index (χ0v) is 13.9. The Morgan fingerprint density at radius 3 is 1.21 bits per heavy atom. The Bertz CT molecular complexity index is 738. The van der Waals surface area contributed by atoms with E-state index in [0.717, 1.165) is 15.6 Å². The molecule has 0 bridgehead atoms. The molecule has 0 saturated heterocycles. The molecule has 0 saturated carbocycles. The topological polar surface area (TPSA) is 0 Å². The van der Waals surface area contributed by atoms with Gasteiger partial charge in [0.05, 0.1) is 0 Å². The third kappa shape index (κ3) is 3.15. The van der Waals surface area contributed by atoms with Crippen molar-refractivity contribution in [3.8, 4) is 11.5 Å². The van der Waals surface area contributed by atoms with Gasteiger partial charge < -0.3 is 0 Å². The lowest BCUT2D eigenvalue weighted by atomic mass is 10.3. The summed E-state index contributed by atoms with van der Waals surface area (Å²) in [6.45, 7) is 0. The Labute approximate surface area is 141 Å². The summed E-state index contributed by atoms with van der Waals surface area (Å²) in [4.78, 5) is 0. The van der Waals surface area contributed by atoms with Gasteiger partial charge in [0.2, 0.25) is 8.07 Å². The Balaban J connectivity index is 2.36. The fraction of sp³-hybridized carbons (Fsp3) is 0. The van der Waals surface area contributed by atoms with Crippen LogP contribution in [0.1, 0.15) is 0 Å². The largest absolute Gasteiger partial charge is 0.381 e. The molecule has 0 spiro atoms. The molecule has 0 nitrogen and oxygen atoms in total. The van der Waals surface area contributed by atoms with Crippen molar-refractivity contribution in [2.75, 3.05) is 0 Å². The van der Waals surface area contributed by atoms with E-state index in [1.807, 2.05) is 91.0 Å². The van der Waals surface area contributed by atoms with Gasteiger partial charge in [-0.2, -0.15) is 8.78 Å². The highest BCUT2D eigenvalue weighted by molar-refractivity contribution is 7.16. The van der Waals surface area contributed by atoms with E-state index in [1.54, 1.807) is 0 Å². The molecule has 0 aliphatic heterocycles. The van der Waals surface area contributed by atoms with Gasteiger partial charge in [0, 0.05) is 0 Å². The van der Waals surface area contributed by atoms with Crippen LogP contribution in [0.3, 0.4) is 0 Å². The quantitative estimate of drug-likeness (QED) is 0.392. The molecule has 0 aliphatic carbocycles. The van der Waals surface area contributed by atoms with Crippen molar-refractivity contribution in [3.63, 3.8) is 0 Å². The van der Waals surface area contributed by atoms with E-state index in [-0.39, 0.29) is 0 Å². The Kier molecular flexibility index (Phi) is 4.88. The van der Waals surface area contributed by atoms with Crippen LogP contribution in [-0.4, -0.2) is 8.07 Å². The van der Waals surface area contributed by atoms with Gasteiger partial charge in [0.15, 0.2) is 0 Å². The fourth-order valence-corrected chi connectivity index (χ4v) is 6.71. The first-order valence-electron chi connectivity index (χ1n) is 7.61. The maximum absolute atomic E-state index is 12.9. The summed E-state index contributed by atoms with van der Waals surface area (Å²) in [6.07, 6.45) is -1.85. The van der Waals surface area contributed by atoms with Crippen LogP contribution in [0.2, 0.25) is 0 Å². The number of benzene rings is 3. The van der Waals surface area contributed by atoms with Crippen molar-refractivity contribution in [1.29, 1.82) is 0 Å². The van der Waals surface area contributed by atoms with Crippen LogP contribution in [0.5, 0.6) is 0 Å². The Hall–Kier alpha value is -2.70. The van der Waals surface area contributed by atoms with Crippen molar-refractivity contribution < 1.29 is 8.78 Å². The van der Waals surface area contributed by atoms with E-state index in [0.29, 0.717) is 0 Å². The van der Waals surface area contributed by atoms with Gasteiger partial charge in [-0.1, -0.05) is 91.0 Å². The van der Waals surface area contributed by atoms with Gasteiger partial charge >= 0.3 is 6.43 Å². The number of hydrogen-bond donors (Lipinski definition) is 0. The fourth-order valence-electron chi connectivity index (χ4n) is 2.92. The molecular formula is C21H15F2Si. The van der Waals surface area contributed by atoms with Crippen LogP contribution in [0.25, 0.3) is 0 Å². The number of halogens is 2. The van der Waals surface area contributed by atoms with Gasteiger partial charge in [-0.15, -0.1) is 5.54 Å². The van der Waals surface area contributed by atoms with Crippen molar-refractivity contribution >= 4 is 23.6 Å². The minimum atomic E-state index is -2.85. The first kappa shape index (κ1) is 16.2. The predicted molar refractivity (Wildman–Crippen MR) is 97.2 cm³/mol. The van der Waals surface area contributed by atoms with Gasteiger partial charge in [-0.05, 0) is 21.5 Å². The molecule has 0 fully saturated rings. The standard InChI is InChI=1S/C21H15F2Si/c22-21(23)16-17-24(18-10-4-1-5-11-18,19-12-6-2-7-13-19)20-14-8-3-9-15-20/h1-15H. The molecule has 0 amide bonds. The van der Waals surface area contributed by atoms with Crippen LogP contribution >= 0.6 is 0 Å². The number of rotatable bonds is 3. The minimum Gasteiger partial charge on any atom is -0.184 e. The van der Waals surface area contributed by atoms with Crippen LogP contribution in [-0.2, 0) is 0 Å². The maximum Gasteiger partial charge on any atom is 0.381 e. The summed E-state index contributed by atoms with van der Waals surface area (Å²) in [7, 11) is -2.85. The number of hydrogen-bond acceptors (Lipinski definition) is 0. The van der Waals surface area contributed by atoms with Crippen LogP contribution in [0.15, 0.2) is 91.0 Å². The van der Waals surface area contributed by atoms with Crippen molar-refractivity contribution in [2.24, 2.45) is 0 Å². The van der Waals surface area contributed by atoms with E-state index in [9.17, 15) is 8.78 Å². The van der Waals surface area contributed by atoms with E-state index in [1.165, 1.54) is 0 Å². The van der Waals surface area contributed by atoms with Crippen LogP contribution < -0.4 is 15.6 Å². The predicted octanol–water partition coefficient (Wildman–Crippen LogP) is 3.13. The lowest BCUT2D eigenvalue weighted by Gasteiger charge is -2.28. The normalized spacial score (nSPS) is 11.0. The van der Waals surface area contributed by atoms with Crippen molar-refractivity contribution in [3.05, 3.63) is 97.4 Å². The third-order valence-corrected chi connectivity index (χ3v) is 8.06. The summed E-state index contributed by atoms with van der Waals surface area (Å²) in [5.41, 5.74) is 2.98. The lowest BCUT2D eigenvalue weighted by Crippen LogP contribution is -2.66. The average molecular weight is 333 g/mol. The molecule has 3 heteroatoms. The minimum absolute atomic E-state index is 0.996. The molecule has 0 heterocycles. The van der Waals surface area contributed by atoms with Crippen molar-refractivity contribution in [1.82, 2.24) is 0 Å².